The highest BCUT2D eigenvalue weighted by atomic mass is 19.1. The third-order valence-corrected chi connectivity index (χ3v) is 0. The number of halogens is 1. The molecule has 0 fully saturated rings. The van der Waals surface area contributed by atoms with Crippen LogP contribution in [0.2, 0.25) is 0 Å². The Labute approximate surface area is 35.6 Å². The first-order chi connectivity index (χ1) is 2.73. The van der Waals surface area contributed by atoms with Gasteiger partial charge in [0.25, 0.3) is 5.97 Å². The van der Waals surface area contributed by atoms with E-state index in [2.05, 4.69) is 0 Å². The second-order valence-electron chi connectivity index (χ2n) is 0.519. The summed E-state index contributed by atoms with van der Waals surface area (Å²) in [5.74, 6) is -0.833. The smallest absolute Gasteiger partial charge is 0.300 e. The average Bonchev–Trinajstić information content (AvgIpc) is 1.41. The molecule has 0 rings (SSSR count). The molecule has 0 saturated carbocycles. The molecule has 0 aromatic carbocycles. The SMILES string of the molecule is CC(=O)O.CF. The maximum Gasteiger partial charge on any atom is 0.300 e. The Morgan fingerprint density at radius 2 is 1.67 bits per heavy atom. The third kappa shape index (κ3) is 54.4. The Hall–Kier alpha value is -0.600. The summed E-state index contributed by atoms with van der Waals surface area (Å²) in [6.07, 6.45) is 0. The lowest BCUT2D eigenvalue weighted by atomic mass is 10.9. The van der Waals surface area contributed by atoms with Gasteiger partial charge in [0.2, 0.25) is 0 Å². The van der Waals surface area contributed by atoms with Crippen LogP contribution in [0.15, 0.2) is 0 Å². The van der Waals surface area contributed by atoms with Crippen molar-refractivity contribution in [3.63, 3.8) is 0 Å². The van der Waals surface area contributed by atoms with Crippen molar-refractivity contribution < 1.29 is 14.3 Å². The monoisotopic (exact) mass is 94.0 g/mol. The van der Waals surface area contributed by atoms with Crippen LogP contribution >= 0.6 is 0 Å². The van der Waals surface area contributed by atoms with Crippen molar-refractivity contribution in [1.82, 2.24) is 0 Å². The second kappa shape index (κ2) is 8.83. The Morgan fingerprint density at radius 3 is 1.67 bits per heavy atom. The number of carboxylic acids is 1. The van der Waals surface area contributed by atoms with Crippen LogP contribution in [0.25, 0.3) is 0 Å². The molecule has 6 heavy (non-hydrogen) atoms. The summed E-state index contributed by atoms with van der Waals surface area (Å²) in [5.41, 5.74) is 0. The van der Waals surface area contributed by atoms with Crippen molar-refractivity contribution in [1.29, 1.82) is 0 Å². The van der Waals surface area contributed by atoms with E-state index in [0.29, 0.717) is 7.18 Å². The number of carboxylic acid groups (broad SMARTS) is 1. The molecule has 0 amide bonds. The Morgan fingerprint density at radius 1 is 1.67 bits per heavy atom. The van der Waals surface area contributed by atoms with Gasteiger partial charge in [0.1, 0.15) is 0 Å². The van der Waals surface area contributed by atoms with E-state index < -0.39 is 5.97 Å². The minimum Gasteiger partial charge on any atom is -0.481 e. The lowest BCUT2D eigenvalue weighted by Crippen LogP contribution is -1.78. The van der Waals surface area contributed by atoms with Gasteiger partial charge in [-0.1, -0.05) is 0 Å². The van der Waals surface area contributed by atoms with E-state index in [-0.39, 0.29) is 0 Å². The van der Waals surface area contributed by atoms with Crippen molar-refractivity contribution in [3.8, 4) is 0 Å². The summed E-state index contributed by atoms with van der Waals surface area (Å²) >= 11 is 0. The van der Waals surface area contributed by atoms with E-state index in [1.807, 2.05) is 0 Å². The van der Waals surface area contributed by atoms with Gasteiger partial charge in [0.15, 0.2) is 0 Å². The van der Waals surface area contributed by atoms with Crippen LogP contribution in [0.1, 0.15) is 6.92 Å². The number of carbonyl (C=O) groups is 1. The normalized spacial score (nSPS) is 5.17. The molecule has 0 aromatic rings. The number of hydrogen-bond acceptors (Lipinski definition) is 1. The molecular weight excluding hydrogens is 87.0 g/mol. The quantitative estimate of drug-likeness (QED) is 0.479. The first-order valence-corrected chi connectivity index (χ1v) is 1.31. The first kappa shape index (κ1) is 9.04. The van der Waals surface area contributed by atoms with Gasteiger partial charge >= 0.3 is 0 Å². The topological polar surface area (TPSA) is 37.3 Å². The van der Waals surface area contributed by atoms with Gasteiger partial charge in [0, 0.05) is 6.92 Å². The summed E-state index contributed by atoms with van der Waals surface area (Å²) in [6, 6.07) is 0. The summed E-state index contributed by atoms with van der Waals surface area (Å²) in [4.78, 5) is 9.00. The predicted molar refractivity (Wildman–Crippen MR) is 20.3 cm³/mol. The Kier molecular flexibility index (Phi) is 13.3. The highest BCUT2D eigenvalue weighted by molar-refractivity contribution is 5.62. The molecule has 0 spiro atoms. The molecule has 0 saturated heterocycles. The lowest BCUT2D eigenvalue weighted by molar-refractivity contribution is -0.134. The molecule has 38 valence electrons. The van der Waals surface area contributed by atoms with Crippen molar-refractivity contribution in [3.05, 3.63) is 0 Å². The molecule has 0 aromatic heterocycles. The van der Waals surface area contributed by atoms with Gasteiger partial charge in [-0.3, -0.25) is 9.18 Å². The predicted octanol–water partition coefficient (Wildman–Crippen LogP) is 0.677. The highest BCUT2D eigenvalue weighted by Gasteiger charge is 1.65. The summed E-state index contributed by atoms with van der Waals surface area (Å²) in [5, 5.41) is 7.42. The molecule has 0 unspecified atom stereocenters. The molecular formula is C3H7FO2. The summed E-state index contributed by atoms with van der Waals surface area (Å²) in [6.45, 7) is 1.08. The summed E-state index contributed by atoms with van der Waals surface area (Å²) < 4.78 is 9.50. The number of aliphatic carboxylic acids is 1. The molecule has 1 N–H and O–H groups in total. The highest BCUT2D eigenvalue weighted by Crippen LogP contribution is 1.42. The van der Waals surface area contributed by atoms with Crippen LogP contribution in [0, 0.1) is 0 Å². The van der Waals surface area contributed by atoms with Gasteiger partial charge in [-0.25, -0.2) is 0 Å². The van der Waals surface area contributed by atoms with Crippen molar-refractivity contribution in [2.75, 3.05) is 7.18 Å². The van der Waals surface area contributed by atoms with Crippen molar-refractivity contribution >= 4 is 5.97 Å². The van der Waals surface area contributed by atoms with Gasteiger partial charge in [0.05, 0.1) is 7.18 Å². The molecule has 0 heterocycles. The van der Waals surface area contributed by atoms with Gasteiger partial charge in [-0.15, -0.1) is 0 Å². The molecule has 0 bridgehead atoms. The van der Waals surface area contributed by atoms with Gasteiger partial charge in [-0.2, -0.15) is 0 Å². The Bertz CT molecular complexity index is 31.8. The Balaban J connectivity index is 0. The van der Waals surface area contributed by atoms with E-state index in [1.54, 1.807) is 0 Å². The van der Waals surface area contributed by atoms with E-state index in [1.165, 1.54) is 0 Å². The van der Waals surface area contributed by atoms with Gasteiger partial charge < -0.3 is 5.11 Å². The molecule has 0 aliphatic heterocycles. The number of hydrogen-bond donors (Lipinski definition) is 1. The van der Waals surface area contributed by atoms with Crippen molar-refractivity contribution in [2.45, 2.75) is 6.92 Å². The van der Waals surface area contributed by atoms with E-state index in [4.69, 9.17) is 9.90 Å². The van der Waals surface area contributed by atoms with E-state index in [9.17, 15) is 4.39 Å². The van der Waals surface area contributed by atoms with E-state index in [0.717, 1.165) is 6.92 Å². The van der Waals surface area contributed by atoms with Crippen LogP contribution in [0.5, 0.6) is 0 Å². The maximum atomic E-state index is 9.50. The first-order valence-electron chi connectivity index (χ1n) is 1.31. The van der Waals surface area contributed by atoms with Crippen LogP contribution in [-0.4, -0.2) is 18.3 Å². The van der Waals surface area contributed by atoms with Crippen molar-refractivity contribution in [2.24, 2.45) is 0 Å². The van der Waals surface area contributed by atoms with Crippen LogP contribution in [0.4, 0.5) is 4.39 Å². The molecule has 3 heteroatoms. The average molecular weight is 94.1 g/mol. The molecule has 0 radical (unpaired) electrons. The van der Waals surface area contributed by atoms with Crippen LogP contribution < -0.4 is 0 Å². The lowest BCUT2D eigenvalue weighted by Gasteiger charge is -1.59. The maximum absolute atomic E-state index is 9.50. The zero-order valence-electron chi connectivity index (χ0n) is 3.73. The fourth-order valence-corrected chi connectivity index (χ4v) is 0. The molecule has 0 aliphatic carbocycles. The fraction of sp³-hybridized carbons (Fsp3) is 0.667. The van der Waals surface area contributed by atoms with E-state index >= 15 is 0 Å². The molecule has 0 atom stereocenters. The molecule has 2 nitrogen and oxygen atoms in total. The number of alkyl halides is 1. The minimum atomic E-state index is -0.833. The standard InChI is InChI=1S/C2H4O2.CH3F/c1-2(3)4;1-2/h1H3,(H,3,4);1H3. The van der Waals surface area contributed by atoms with Crippen LogP contribution in [0.3, 0.4) is 0 Å². The second-order valence-corrected chi connectivity index (χ2v) is 0.519. The molecule has 0 aliphatic rings. The minimum absolute atomic E-state index is 0.500. The third-order valence-electron chi connectivity index (χ3n) is 0. The largest absolute Gasteiger partial charge is 0.481 e. The zero-order valence-corrected chi connectivity index (χ0v) is 3.73. The summed E-state index contributed by atoms with van der Waals surface area (Å²) in [7, 11) is 0.500. The van der Waals surface area contributed by atoms with Gasteiger partial charge in [-0.05, 0) is 0 Å². The fourth-order valence-electron chi connectivity index (χ4n) is 0. The number of rotatable bonds is 0. The van der Waals surface area contributed by atoms with Crippen LogP contribution in [-0.2, 0) is 4.79 Å². The zero-order chi connectivity index (χ0) is 5.58.